The molecule has 0 aromatic carbocycles. The van der Waals surface area contributed by atoms with Crippen molar-refractivity contribution in [2.75, 3.05) is 0 Å². The third-order valence-corrected chi connectivity index (χ3v) is 0.986. The van der Waals surface area contributed by atoms with Gasteiger partial charge in [0.25, 0.3) is 0 Å². The first kappa shape index (κ1) is 14.1. The predicted molar refractivity (Wildman–Crippen MR) is 38.2 cm³/mol. The van der Waals surface area contributed by atoms with E-state index in [1.165, 1.54) is 0 Å². The summed E-state index contributed by atoms with van der Waals surface area (Å²) in [4.78, 5) is 19.9. The second kappa shape index (κ2) is 7.20. The maximum Gasteiger partial charge on any atom is 0.320 e. The summed E-state index contributed by atoms with van der Waals surface area (Å²) in [5.41, 5.74) is 5.00. The van der Waals surface area contributed by atoms with Crippen molar-refractivity contribution in [1.82, 2.24) is 0 Å². The summed E-state index contributed by atoms with van der Waals surface area (Å²) in [7, 11) is 0. The fourth-order valence-corrected chi connectivity index (χ4v) is 0.402. The average molecular weight is 186 g/mol. The smallest absolute Gasteiger partial charge is 0.320 e. The molecule has 0 heterocycles. The molecule has 4 N–H and O–H groups in total. The van der Waals surface area contributed by atoms with Crippen molar-refractivity contribution in [3.63, 3.8) is 0 Å². The fourth-order valence-electron chi connectivity index (χ4n) is 0.402. The Kier molecular flexibility index (Phi) is 9.22. The molecule has 0 saturated heterocycles. The van der Waals surface area contributed by atoms with E-state index in [2.05, 4.69) is 0 Å². The normalized spacial score (nSPS) is 11.4. The van der Waals surface area contributed by atoms with E-state index in [0.717, 1.165) is 0 Å². The molecule has 0 aromatic rings. The van der Waals surface area contributed by atoms with Crippen molar-refractivity contribution < 1.29 is 19.8 Å². The topological polar surface area (TPSA) is 101 Å². The molecule has 0 bridgehead atoms. The van der Waals surface area contributed by atoms with Gasteiger partial charge in [-0.05, 0) is 6.42 Å². The Morgan fingerprint density at radius 3 is 2.09 bits per heavy atom. The first-order valence-electron chi connectivity index (χ1n) is 2.74. The number of rotatable bonds is 4. The zero-order valence-electron chi connectivity index (χ0n) is 6.28. The molecular formula is C5H9KNO4. The number of carbonyl (C=O) groups is 2. The Balaban J connectivity index is 0. The molecule has 0 fully saturated rings. The van der Waals surface area contributed by atoms with E-state index in [-0.39, 0.29) is 64.2 Å². The van der Waals surface area contributed by atoms with Crippen LogP contribution in [0.3, 0.4) is 0 Å². The van der Waals surface area contributed by atoms with E-state index in [4.69, 9.17) is 15.9 Å². The molecule has 0 rings (SSSR count). The number of hydrogen-bond donors (Lipinski definition) is 3. The Hall–Kier alpha value is 0.536. The van der Waals surface area contributed by atoms with Crippen LogP contribution >= 0.6 is 0 Å². The standard InChI is InChI=1S/C5H9NO4.K/c6-3(5(9)10)1-2-4(7)8;/h3H,1-2,6H2,(H,7,8)(H,9,10);/t3-;/m0./s1. The van der Waals surface area contributed by atoms with Gasteiger partial charge >= 0.3 is 11.9 Å². The summed E-state index contributed by atoms with van der Waals surface area (Å²) < 4.78 is 0. The molecule has 59 valence electrons. The summed E-state index contributed by atoms with van der Waals surface area (Å²) in [6, 6.07) is -1.06. The Labute approximate surface area is 106 Å². The molecule has 6 heteroatoms. The maximum atomic E-state index is 9.99. The minimum Gasteiger partial charge on any atom is -0.481 e. The fraction of sp³-hybridized carbons (Fsp3) is 0.600. The summed E-state index contributed by atoms with van der Waals surface area (Å²) in [6.45, 7) is 0. The second-order valence-electron chi connectivity index (χ2n) is 1.88. The second-order valence-corrected chi connectivity index (χ2v) is 1.88. The van der Waals surface area contributed by atoms with Gasteiger partial charge in [0.1, 0.15) is 6.04 Å². The molecule has 0 amide bonds. The van der Waals surface area contributed by atoms with E-state index in [9.17, 15) is 9.59 Å². The van der Waals surface area contributed by atoms with Gasteiger partial charge in [-0.3, -0.25) is 9.59 Å². The molecule has 11 heavy (non-hydrogen) atoms. The SMILES string of the molecule is N[C@@H](CCC(=O)O)C(=O)O.[K]. The third kappa shape index (κ3) is 8.44. The molecule has 0 aliphatic rings. The van der Waals surface area contributed by atoms with Gasteiger partial charge < -0.3 is 15.9 Å². The van der Waals surface area contributed by atoms with Gasteiger partial charge in [0, 0.05) is 57.8 Å². The van der Waals surface area contributed by atoms with E-state index < -0.39 is 18.0 Å². The zero-order chi connectivity index (χ0) is 8.15. The quantitative estimate of drug-likeness (QED) is 0.483. The molecule has 0 unspecified atom stereocenters. The van der Waals surface area contributed by atoms with Crippen LogP contribution in [0.2, 0.25) is 0 Å². The molecule has 1 radical (unpaired) electrons. The number of hydrogen-bond acceptors (Lipinski definition) is 3. The van der Waals surface area contributed by atoms with E-state index in [1.54, 1.807) is 0 Å². The van der Waals surface area contributed by atoms with Crippen LogP contribution in [-0.2, 0) is 9.59 Å². The van der Waals surface area contributed by atoms with Gasteiger partial charge in [0.2, 0.25) is 0 Å². The molecule has 1 atom stereocenters. The van der Waals surface area contributed by atoms with E-state index in [1.807, 2.05) is 0 Å². The maximum absolute atomic E-state index is 9.99. The van der Waals surface area contributed by atoms with Crippen LogP contribution in [0.15, 0.2) is 0 Å². The zero-order valence-corrected chi connectivity index (χ0v) is 9.40. The van der Waals surface area contributed by atoms with E-state index in [0.29, 0.717) is 0 Å². The summed E-state index contributed by atoms with van der Waals surface area (Å²) in [5, 5.41) is 16.3. The van der Waals surface area contributed by atoms with Gasteiger partial charge in [-0.25, -0.2) is 0 Å². The Morgan fingerprint density at radius 2 is 1.82 bits per heavy atom. The van der Waals surface area contributed by atoms with Gasteiger partial charge in [-0.15, -0.1) is 0 Å². The molecule has 5 nitrogen and oxygen atoms in total. The summed E-state index contributed by atoms with van der Waals surface area (Å²) in [6.07, 6.45) is -0.224. The van der Waals surface area contributed by atoms with Crippen LogP contribution in [0.1, 0.15) is 12.8 Å². The van der Waals surface area contributed by atoms with Crippen molar-refractivity contribution in [3.8, 4) is 0 Å². The summed E-state index contributed by atoms with van der Waals surface area (Å²) >= 11 is 0. The van der Waals surface area contributed by atoms with Crippen LogP contribution in [-0.4, -0.2) is 79.6 Å². The van der Waals surface area contributed by atoms with Gasteiger partial charge in [-0.1, -0.05) is 0 Å². The van der Waals surface area contributed by atoms with Gasteiger partial charge in [-0.2, -0.15) is 0 Å². The van der Waals surface area contributed by atoms with Crippen molar-refractivity contribution in [2.45, 2.75) is 18.9 Å². The van der Waals surface area contributed by atoms with Crippen molar-refractivity contribution in [1.29, 1.82) is 0 Å². The third-order valence-electron chi connectivity index (χ3n) is 0.986. The average Bonchev–Trinajstić information content (AvgIpc) is 1.82. The predicted octanol–water partition coefficient (Wildman–Crippen LogP) is -1.12. The Morgan fingerprint density at radius 1 is 1.36 bits per heavy atom. The molecule has 0 aromatic heterocycles. The van der Waals surface area contributed by atoms with Crippen molar-refractivity contribution in [2.24, 2.45) is 5.73 Å². The van der Waals surface area contributed by atoms with Crippen LogP contribution in [0.25, 0.3) is 0 Å². The Bertz CT molecular complexity index is 149. The molecule has 0 aliphatic heterocycles. The largest absolute Gasteiger partial charge is 0.481 e. The minimum atomic E-state index is -1.17. The molecule has 0 spiro atoms. The van der Waals surface area contributed by atoms with Gasteiger partial charge in [0.05, 0.1) is 0 Å². The monoisotopic (exact) mass is 186 g/mol. The van der Waals surface area contributed by atoms with Crippen LogP contribution in [0, 0.1) is 0 Å². The number of nitrogens with two attached hydrogens (primary N) is 1. The first-order valence-corrected chi connectivity index (χ1v) is 2.74. The van der Waals surface area contributed by atoms with Crippen LogP contribution < -0.4 is 5.73 Å². The summed E-state index contributed by atoms with van der Waals surface area (Å²) in [5.74, 6) is -2.20. The van der Waals surface area contributed by atoms with Crippen molar-refractivity contribution >= 4 is 63.3 Å². The molecular weight excluding hydrogens is 177 g/mol. The number of aliphatic carboxylic acids is 2. The number of carboxylic acids is 2. The number of carboxylic acid groups (broad SMARTS) is 2. The van der Waals surface area contributed by atoms with Crippen LogP contribution in [0.4, 0.5) is 0 Å². The van der Waals surface area contributed by atoms with E-state index >= 15 is 0 Å². The van der Waals surface area contributed by atoms with Crippen LogP contribution in [0.5, 0.6) is 0 Å². The first-order chi connectivity index (χ1) is 4.54. The minimum absolute atomic E-state index is 0. The molecule has 0 aliphatic carbocycles. The van der Waals surface area contributed by atoms with Gasteiger partial charge in [0.15, 0.2) is 0 Å². The van der Waals surface area contributed by atoms with Crippen molar-refractivity contribution in [3.05, 3.63) is 0 Å². The molecule has 0 saturated carbocycles.